The predicted molar refractivity (Wildman–Crippen MR) is 103 cm³/mol. The number of hydrogen-bond acceptors (Lipinski definition) is 3. The van der Waals surface area contributed by atoms with Crippen LogP contribution in [-0.2, 0) is 13.6 Å². The molecule has 1 saturated carbocycles. The Morgan fingerprint density at radius 1 is 1.36 bits per heavy atom. The Bertz CT molecular complexity index is 556. The molecule has 1 atom stereocenters. The maximum Gasteiger partial charge on any atom is 0.192 e. The van der Waals surface area contributed by atoms with Crippen LogP contribution in [0.15, 0.2) is 17.6 Å². The summed E-state index contributed by atoms with van der Waals surface area (Å²) in [5, 5.41) is 15.1. The molecular weight excluding hydrogens is 312 g/mol. The van der Waals surface area contributed by atoms with E-state index in [1.165, 1.54) is 44.9 Å². The number of hydrogen-bond donors (Lipinski definition) is 2. The molecule has 6 heteroatoms. The van der Waals surface area contributed by atoms with Gasteiger partial charge in [0.25, 0.3) is 0 Å². The van der Waals surface area contributed by atoms with Crippen LogP contribution in [-0.4, -0.2) is 33.3 Å². The first-order valence-corrected chi connectivity index (χ1v) is 9.60. The quantitative estimate of drug-likeness (QED) is 0.431. The minimum Gasteiger partial charge on any atom is -0.354 e. The highest BCUT2D eigenvalue weighted by Crippen LogP contribution is 2.27. The fourth-order valence-electron chi connectivity index (χ4n) is 3.33. The second kappa shape index (κ2) is 10.2. The minimum atomic E-state index is 0.402. The van der Waals surface area contributed by atoms with E-state index in [0.717, 1.165) is 23.5 Å². The number of aromatic nitrogens is 3. The topological polar surface area (TPSA) is 67.1 Å². The molecule has 0 aromatic carbocycles. The summed E-state index contributed by atoms with van der Waals surface area (Å²) in [5.41, 5.74) is 0. The van der Waals surface area contributed by atoms with E-state index in [-0.39, 0.29) is 0 Å². The Kier molecular flexibility index (Phi) is 7.95. The number of guanidine groups is 1. The highest BCUT2D eigenvalue weighted by atomic mass is 15.3. The van der Waals surface area contributed by atoms with Crippen molar-refractivity contribution in [2.75, 3.05) is 6.54 Å². The minimum absolute atomic E-state index is 0.402. The van der Waals surface area contributed by atoms with Gasteiger partial charge in [-0.15, -0.1) is 16.8 Å². The monoisotopic (exact) mass is 346 g/mol. The zero-order valence-electron chi connectivity index (χ0n) is 16.1. The van der Waals surface area contributed by atoms with Gasteiger partial charge in [0.15, 0.2) is 11.8 Å². The van der Waals surface area contributed by atoms with E-state index < -0.39 is 0 Å². The number of rotatable bonds is 8. The zero-order chi connectivity index (χ0) is 18.1. The summed E-state index contributed by atoms with van der Waals surface area (Å²) in [6.45, 7) is 9.16. The van der Waals surface area contributed by atoms with Gasteiger partial charge in [0.05, 0.1) is 0 Å². The van der Waals surface area contributed by atoms with Gasteiger partial charge in [0.1, 0.15) is 12.4 Å². The fraction of sp³-hybridized carbons (Fsp3) is 0.737. The lowest BCUT2D eigenvalue weighted by Crippen LogP contribution is -2.42. The summed E-state index contributed by atoms with van der Waals surface area (Å²) in [4.78, 5) is 4.66. The highest BCUT2D eigenvalue weighted by Gasteiger charge is 2.15. The molecule has 25 heavy (non-hydrogen) atoms. The van der Waals surface area contributed by atoms with Crippen LogP contribution >= 0.6 is 0 Å². The van der Waals surface area contributed by atoms with Gasteiger partial charge < -0.3 is 15.2 Å². The SMILES string of the molecule is C=CCNC(=NCc1nnc(C)n1C)NC(C)CCC1CCCCC1. The number of nitrogens with one attached hydrogen (secondary N) is 2. The average Bonchev–Trinajstić information content (AvgIpc) is 2.95. The third-order valence-electron chi connectivity index (χ3n) is 5.09. The Morgan fingerprint density at radius 2 is 2.12 bits per heavy atom. The van der Waals surface area contributed by atoms with Crippen molar-refractivity contribution in [1.29, 1.82) is 0 Å². The molecule has 1 heterocycles. The van der Waals surface area contributed by atoms with Gasteiger partial charge >= 0.3 is 0 Å². The number of aliphatic imine (C=N–C) groups is 1. The molecule has 1 aliphatic carbocycles. The van der Waals surface area contributed by atoms with Crippen molar-refractivity contribution in [2.45, 2.75) is 71.4 Å². The van der Waals surface area contributed by atoms with Gasteiger partial charge in [0.2, 0.25) is 0 Å². The lowest BCUT2D eigenvalue weighted by molar-refractivity contribution is 0.322. The van der Waals surface area contributed by atoms with Crippen molar-refractivity contribution in [3.05, 3.63) is 24.3 Å². The van der Waals surface area contributed by atoms with Crippen molar-refractivity contribution in [3.63, 3.8) is 0 Å². The molecule has 0 aliphatic heterocycles. The van der Waals surface area contributed by atoms with Crippen LogP contribution in [0, 0.1) is 12.8 Å². The van der Waals surface area contributed by atoms with Crippen LogP contribution in [0.3, 0.4) is 0 Å². The van der Waals surface area contributed by atoms with E-state index in [9.17, 15) is 0 Å². The van der Waals surface area contributed by atoms with Crippen LogP contribution < -0.4 is 10.6 Å². The van der Waals surface area contributed by atoms with Gasteiger partial charge in [0, 0.05) is 19.6 Å². The molecule has 0 saturated heterocycles. The number of aryl methyl sites for hydroxylation is 1. The van der Waals surface area contributed by atoms with Crippen molar-refractivity contribution >= 4 is 5.96 Å². The lowest BCUT2D eigenvalue weighted by atomic mass is 9.85. The smallest absolute Gasteiger partial charge is 0.192 e. The van der Waals surface area contributed by atoms with E-state index >= 15 is 0 Å². The lowest BCUT2D eigenvalue weighted by Gasteiger charge is -2.24. The maximum atomic E-state index is 4.66. The molecule has 2 N–H and O–H groups in total. The Labute approximate surface area is 152 Å². The Balaban J connectivity index is 1.85. The van der Waals surface area contributed by atoms with Crippen LogP contribution in [0.4, 0.5) is 0 Å². The molecule has 1 unspecified atom stereocenters. The van der Waals surface area contributed by atoms with E-state index in [4.69, 9.17) is 0 Å². The summed E-state index contributed by atoms with van der Waals surface area (Å²) in [5.74, 6) is 3.50. The van der Waals surface area contributed by atoms with Gasteiger partial charge in [-0.05, 0) is 32.6 Å². The van der Waals surface area contributed by atoms with Crippen molar-refractivity contribution in [1.82, 2.24) is 25.4 Å². The van der Waals surface area contributed by atoms with E-state index in [2.05, 4.69) is 39.3 Å². The summed E-state index contributed by atoms with van der Waals surface area (Å²) in [7, 11) is 1.97. The molecular formula is C19H34N6. The predicted octanol–water partition coefficient (Wildman–Crippen LogP) is 3.09. The average molecular weight is 347 g/mol. The third-order valence-corrected chi connectivity index (χ3v) is 5.09. The fourth-order valence-corrected chi connectivity index (χ4v) is 3.33. The van der Waals surface area contributed by atoms with E-state index in [0.29, 0.717) is 19.1 Å². The first kappa shape index (κ1) is 19.5. The normalized spacial score (nSPS) is 17.3. The molecule has 140 valence electrons. The van der Waals surface area contributed by atoms with Crippen LogP contribution in [0.2, 0.25) is 0 Å². The number of nitrogens with zero attached hydrogens (tertiary/aromatic N) is 4. The third kappa shape index (κ3) is 6.52. The van der Waals surface area contributed by atoms with Crippen LogP contribution in [0.1, 0.15) is 63.5 Å². The first-order chi connectivity index (χ1) is 12.1. The summed E-state index contributed by atoms with van der Waals surface area (Å²) >= 11 is 0. The first-order valence-electron chi connectivity index (χ1n) is 9.60. The van der Waals surface area contributed by atoms with E-state index in [1.54, 1.807) is 0 Å². The van der Waals surface area contributed by atoms with Crippen molar-refractivity contribution in [2.24, 2.45) is 18.0 Å². The molecule has 0 radical (unpaired) electrons. The molecule has 1 aromatic rings. The maximum absolute atomic E-state index is 4.66. The standard InChI is InChI=1S/C19H34N6/c1-5-13-20-19(21-14-18-24-23-16(3)25(18)4)22-15(2)11-12-17-9-7-6-8-10-17/h5,15,17H,1,6-14H2,2-4H3,(H2,20,21,22). The highest BCUT2D eigenvalue weighted by molar-refractivity contribution is 5.80. The summed E-state index contributed by atoms with van der Waals surface area (Å²) in [6, 6.07) is 0.402. The second-order valence-corrected chi connectivity index (χ2v) is 7.18. The zero-order valence-corrected chi connectivity index (χ0v) is 16.1. The van der Waals surface area contributed by atoms with Gasteiger partial charge in [-0.3, -0.25) is 0 Å². The molecule has 1 aliphatic rings. The molecule has 6 nitrogen and oxygen atoms in total. The molecule has 1 fully saturated rings. The second-order valence-electron chi connectivity index (χ2n) is 7.18. The molecule has 0 spiro atoms. The Morgan fingerprint density at radius 3 is 2.76 bits per heavy atom. The van der Waals surface area contributed by atoms with Crippen molar-refractivity contribution < 1.29 is 0 Å². The largest absolute Gasteiger partial charge is 0.354 e. The van der Waals surface area contributed by atoms with Gasteiger partial charge in [-0.2, -0.15) is 0 Å². The van der Waals surface area contributed by atoms with Crippen molar-refractivity contribution in [3.8, 4) is 0 Å². The van der Waals surface area contributed by atoms with E-state index in [1.807, 2.05) is 24.6 Å². The molecule has 0 bridgehead atoms. The molecule has 2 rings (SSSR count). The molecule has 0 amide bonds. The molecule has 1 aromatic heterocycles. The summed E-state index contributed by atoms with van der Waals surface area (Å²) in [6.07, 6.45) is 11.4. The summed E-state index contributed by atoms with van der Waals surface area (Å²) < 4.78 is 1.97. The van der Waals surface area contributed by atoms with Gasteiger partial charge in [-0.1, -0.05) is 38.2 Å². The van der Waals surface area contributed by atoms with Crippen LogP contribution in [0.5, 0.6) is 0 Å². The van der Waals surface area contributed by atoms with Gasteiger partial charge in [-0.25, -0.2) is 4.99 Å². The van der Waals surface area contributed by atoms with Crippen LogP contribution in [0.25, 0.3) is 0 Å². The Hall–Kier alpha value is -1.85.